The zero-order valence-corrected chi connectivity index (χ0v) is 15.2. The highest BCUT2D eigenvalue weighted by Gasteiger charge is 2.43. The van der Waals surface area contributed by atoms with Crippen LogP contribution in [-0.2, 0) is 12.3 Å². The first kappa shape index (κ1) is 17.0. The fourth-order valence-electron chi connectivity index (χ4n) is 3.31. The van der Waals surface area contributed by atoms with Gasteiger partial charge >= 0.3 is 0 Å². The van der Waals surface area contributed by atoms with E-state index >= 15 is 0 Å². The number of benzene rings is 2. The van der Waals surface area contributed by atoms with Crippen LogP contribution in [0.2, 0.25) is 0 Å². The Morgan fingerprint density at radius 1 is 1.12 bits per heavy atom. The van der Waals surface area contributed by atoms with Crippen LogP contribution >= 0.6 is 11.8 Å². The lowest BCUT2D eigenvalue weighted by Gasteiger charge is -2.08. The van der Waals surface area contributed by atoms with Gasteiger partial charge in [-0.25, -0.2) is 4.39 Å². The highest BCUT2D eigenvalue weighted by atomic mass is 32.2. The molecule has 0 spiro atoms. The first-order valence-electron chi connectivity index (χ1n) is 8.72. The minimum atomic E-state index is -0.208. The quantitative estimate of drug-likeness (QED) is 0.428. The number of allylic oxidation sites excluding steroid dienone is 1. The highest BCUT2D eigenvalue weighted by molar-refractivity contribution is 7.98. The molecule has 1 aromatic heterocycles. The Hall–Kier alpha value is -2.40. The second-order valence-corrected chi connectivity index (χ2v) is 7.46. The molecule has 1 aliphatic rings. The lowest BCUT2D eigenvalue weighted by molar-refractivity contribution is 0.626. The monoisotopic (exact) mass is 365 g/mol. The molecule has 1 fully saturated rings. The summed E-state index contributed by atoms with van der Waals surface area (Å²) in [5.41, 5.74) is 2.30. The predicted octanol–water partition coefficient (Wildman–Crippen LogP) is 5.17. The van der Waals surface area contributed by atoms with Crippen LogP contribution in [0.5, 0.6) is 0 Å². The summed E-state index contributed by atoms with van der Waals surface area (Å²) in [4.78, 5) is 0. The summed E-state index contributed by atoms with van der Waals surface area (Å²) in [5.74, 6) is 2.42. The summed E-state index contributed by atoms with van der Waals surface area (Å²) in [7, 11) is 0. The van der Waals surface area contributed by atoms with Gasteiger partial charge in [0.25, 0.3) is 0 Å². The van der Waals surface area contributed by atoms with Crippen LogP contribution in [0.25, 0.3) is 0 Å². The maximum absolute atomic E-state index is 13.4. The van der Waals surface area contributed by atoms with E-state index in [0.29, 0.717) is 24.1 Å². The summed E-state index contributed by atoms with van der Waals surface area (Å²) in [6, 6.07) is 17.3. The fraction of sp³-hybridized carbons (Fsp3) is 0.238. The first-order valence-corrected chi connectivity index (χ1v) is 9.71. The molecular formula is C21H20FN3S. The van der Waals surface area contributed by atoms with Crippen molar-refractivity contribution in [2.75, 3.05) is 0 Å². The van der Waals surface area contributed by atoms with Gasteiger partial charge in [0.2, 0.25) is 0 Å². The van der Waals surface area contributed by atoms with Crippen LogP contribution < -0.4 is 0 Å². The van der Waals surface area contributed by atoms with Crippen molar-refractivity contribution in [3.05, 3.63) is 90.0 Å². The molecule has 3 nitrogen and oxygen atoms in total. The number of aromatic nitrogens is 3. The van der Waals surface area contributed by atoms with Crippen LogP contribution in [0, 0.1) is 5.82 Å². The highest BCUT2D eigenvalue weighted by Crippen LogP contribution is 2.54. The summed E-state index contributed by atoms with van der Waals surface area (Å²) in [6.07, 6.45) is 2.98. The van der Waals surface area contributed by atoms with Gasteiger partial charge in [-0.05, 0) is 35.6 Å². The number of hydrogen-bond donors (Lipinski definition) is 0. The molecule has 3 aromatic rings. The molecular weight excluding hydrogens is 345 g/mol. The van der Waals surface area contributed by atoms with Crippen LogP contribution in [0.15, 0.2) is 72.4 Å². The van der Waals surface area contributed by atoms with Crippen molar-refractivity contribution in [1.29, 1.82) is 0 Å². The fourth-order valence-corrected chi connectivity index (χ4v) is 4.20. The van der Waals surface area contributed by atoms with E-state index in [4.69, 9.17) is 0 Å². The van der Waals surface area contributed by atoms with E-state index in [2.05, 4.69) is 45.6 Å². The molecule has 1 heterocycles. The average Bonchev–Trinajstić information content (AvgIpc) is 3.36. The second-order valence-electron chi connectivity index (χ2n) is 6.52. The van der Waals surface area contributed by atoms with Gasteiger partial charge in [-0.1, -0.05) is 60.3 Å². The van der Waals surface area contributed by atoms with Gasteiger partial charge in [-0.2, -0.15) is 0 Å². The molecule has 132 valence electrons. The molecule has 1 aliphatic carbocycles. The van der Waals surface area contributed by atoms with E-state index in [1.807, 2.05) is 18.2 Å². The number of hydrogen-bond acceptors (Lipinski definition) is 3. The average molecular weight is 365 g/mol. The summed E-state index contributed by atoms with van der Waals surface area (Å²) in [5, 5.41) is 9.73. The third-order valence-electron chi connectivity index (χ3n) is 4.66. The third-order valence-corrected chi connectivity index (χ3v) is 5.70. The number of halogens is 1. The van der Waals surface area contributed by atoms with Crippen molar-refractivity contribution < 1.29 is 4.39 Å². The van der Waals surface area contributed by atoms with Gasteiger partial charge < -0.3 is 4.57 Å². The van der Waals surface area contributed by atoms with E-state index in [1.165, 1.54) is 11.6 Å². The summed E-state index contributed by atoms with van der Waals surface area (Å²) < 4.78 is 15.5. The topological polar surface area (TPSA) is 30.7 Å². The van der Waals surface area contributed by atoms with E-state index in [0.717, 1.165) is 23.0 Å². The first-order chi connectivity index (χ1) is 12.8. The number of thioether (sulfide) groups is 1. The van der Waals surface area contributed by atoms with Gasteiger partial charge in [0, 0.05) is 18.2 Å². The molecule has 26 heavy (non-hydrogen) atoms. The molecule has 0 aliphatic heterocycles. The smallest absolute Gasteiger partial charge is 0.191 e. The molecule has 4 rings (SSSR count). The number of rotatable bonds is 7. The Morgan fingerprint density at radius 2 is 1.96 bits per heavy atom. The predicted molar refractivity (Wildman–Crippen MR) is 103 cm³/mol. The van der Waals surface area contributed by atoms with Gasteiger partial charge in [-0.3, -0.25) is 0 Å². The molecule has 1 saturated carbocycles. The normalized spacial score (nSPS) is 18.7. The SMILES string of the molecule is C=CCn1c(SCc2cccc(F)c2)nnc1C1CC1c1ccccc1. The summed E-state index contributed by atoms with van der Waals surface area (Å²) in [6.45, 7) is 4.56. The number of nitrogens with zero attached hydrogens (tertiary/aromatic N) is 3. The van der Waals surface area contributed by atoms with Crippen molar-refractivity contribution in [2.45, 2.75) is 35.7 Å². The molecule has 2 unspecified atom stereocenters. The van der Waals surface area contributed by atoms with Crippen molar-refractivity contribution in [3.8, 4) is 0 Å². The molecule has 2 aromatic carbocycles. The van der Waals surface area contributed by atoms with Gasteiger partial charge in [-0.15, -0.1) is 16.8 Å². The van der Waals surface area contributed by atoms with E-state index in [1.54, 1.807) is 23.9 Å². The maximum atomic E-state index is 13.4. The molecule has 0 N–H and O–H groups in total. The van der Waals surface area contributed by atoms with Crippen molar-refractivity contribution in [3.63, 3.8) is 0 Å². The molecule has 2 atom stereocenters. The van der Waals surface area contributed by atoms with E-state index < -0.39 is 0 Å². The Labute approximate surface area is 157 Å². The Bertz CT molecular complexity index is 907. The van der Waals surface area contributed by atoms with Crippen molar-refractivity contribution >= 4 is 11.8 Å². The Morgan fingerprint density at radius 3 is 2.73 bits per heavy atom. The van der Waals surface area contributed by atoms with Gasteiger partial charge in [0.15, 0.2) is 5.16 Å². The van der Waals surface area contributed by atoms with Crippen LogP contribution in [-0.4, -0.2) is 14.8 Å². The van der Waals surface area contributed by atoms with Crippen LogP contribution in [0.3, 0.4) is 0 Å². The lowest BCUT2D eigenvalue weighted by atomic mass is 10.1. The molecule has 0 amide bonds. The summed E-state index contributed by atoms with van der Waals surface area (Å²) >= 11 is 1.59. The van der Waals surface area contributed by atoms with Crippen LogP contribution in [0.4, 0.5) is 4.39 Å². The second kappa shape index (κ2) is 7.46. The Kier molecular flexibility index (Phi) is 4.89. The van der Waals surface area contributed by atoms with Gasteiger partial charge in [0.05, 0.1) is 0 Å². The van der Waals surface area contributed by atoms with Crippen LogP contribution in [0.1, 0.15) is 35.2 Å². The molecule has 5 heteroatoms. The zero-order valence-electron chi connectivity index (χ0n) is 14.4. The minimum absolute atomic E-state index is 0.208. The van der Waals surface area contributed by atoms with Crippen molar-refractivity contribution in [1.82, 2.24) is 14.8 Å². The van der Waals surface area contributed by atoms with Gasteiger partial charge in [0.1, 0.15) is 11.6 Å². The Balaban J connectivity index is 1.51. The lowest BCUT2D eigenvalue weighted by Crippen LogP contribution is -2.03. The molecule has 0 saturated heterocycles. The van der Waals surface area contributed by atoms with E-state index in [-0.39, 0.29) is 5.82 Å². The molecule has 0 bridgehead atoms. The van der Waals surface area contributed by atoms with Crippen molar-refractivity contribution in [2.24, 2.45) is 0 Å². The van der Waals surface area contributed by atoms with E-state index in [9.17, 15) is 4.39 Å². The minimum Gasteiger partial charge on any atom is -0.302 e. The molecule has 0 radical (unpaired) electrons. The largest absolute Gasteiger partial charge is 0.302 e. The maximum Gasteiger partial charge on any atom is 0.191 e. The third kappa shape index (κ3) is 3.58. The standard InChI is InChI=1S/C21H20FN3S/c1-2-11-25-20(19-13-18(19)16-8-4-3-5-9-16)23-24-21(25)26-14-15-7-6-10-17(22)12-15/h2-10,12,18-19H,1,11,13-14H2. The zero-order chi connectivity index (χ0) is 17.9.